The Kier molecular flexibility index (Phi) is 5.12. The molecule has 0 bridgehead atoms. The molecule has 0 saturated carbocycles. The van der Waals surface area contributed by atoms with Gasteiger partial charge >= 0.3 is 0 Å². The lowest BCUT2D eigenvalue weighted by Crippen LogP contribution is -2.15. The number of ether oxygens (including phenoxy) is 1. The van der Waals surface area contributed by atoms with Gasteiger partial charge in [-0.3, -0.25) is 0 Å². The molecule has 8 aromatic carbocycles. The van der Waals surface area contributed by atoms with Gasteiger partial charge in [0.25, 0.3) is 0 Å². The molecule has 1 heterocycles. The lowest BCUT2D eigenvalue weighted by Gasteiger charge is -2.25. The van der Waals surface area contributed by atoms with Crippen molar-refractivity contribution in [3.63, 3.8) is 0 Å². The first-order valence-electron chi connectivity index (χ1n) is 16.1. The molecule has 10 rings (SSSR count). The number of fused-ring (bicyclic) bond motifs is 8. The van der Waals surface area contributed by atoms with E-state index in [1.807, 2.05) is 0 Å². The molecule has 216 valence electrons. The van der Waals surface area contributed by atoms with Crippen molar-refractivity contribution in [1.29, 1.82) is 0 Å². The Balaban J connectivity index is 1.17. The summed E-state index contributed by atoms with van der Waals surface area (Å²) in [5.41, 5.74) is 12.7. The van der Waals surface area contributed by atoms with Crippen LogP contribution in [0.4, 0.5) is 0 Å². The van der Waals surface area contributed by atoms with Crippen molar-refractivity contribution in [2.45, 2.75) is 19.3 Å². The molecular weight excluding hydrogens is 556 g/mol. The molecule has 46 heavy (non-hydrogen) atoms. The molecular formula is C45H30O. The molecule has 0 atom stereocenters. The molecule has 1 aliphatic carbocycles. The monoisotopic (exact) mass is 586 g/mol. The third-order valence-corrected chi connectivity index (χ3v) is 10.4. The van der Waals surface area contributed by atoms with Crippen LogP contribution in [0.5, 0.6) is 11.5 Å². The van der Waals surface area contributed by atoms with Gasteiger partial charge in [0, 0.05) is 16.4 Å². The van der Waals surface area contributed by atoms with E-state index < -0.39 is 0 Å². The lowest BCUT2D eigenvalue weighted by atomic mass is 9.78. The molecule has 0 unspecified atom stereocenters. The summed E-state index contributed by atoms with van der Waals surface area (Å²) in [4.78, 5) is 0. The van der Waals surface area contributed by atoms with E-state index in [2.05, 4.69) is 159 Å². The largest absolute Gasteiger partial charge is 0.456 e. The second-order valence-corrected chi connectivity index (χ2v) is 13.3. The summed E-state index contributed by atoms with van der Waals surface area (Å²) < 4.78 is 6.41. The van der Waals surface area contributed by atoms with Gasteiger partial charge in [-0.2, -0.15) is 0 Å². The van der Waals surface area contributed by atoms with Gasteiger partial charge in [0.15, 0.2) is 0 Å². The summed E-state index contributed by atoms with van der Waals surface area (Å²) in [5.74, 6) is 1.84. The zero-order valence-electron chi connectivity index (χ0n) is 25.8. The molecule has 0 saturated heterocycles. The minimum Gasteiger partial charge on any atom is -0.456 e. The van der Waals surface area contributed by atoms with Crippen LogP contribution >= 0.6 is 0 Å². The maximum atomic E-state index is 6.41. The first kappa shape index (κ1) is 25.6. The normalized spacial score (nSPS) is 13.8. The first-order valence-corrected chi connectivity index (χ1v) is 16.1. The predicted octanol–water partition coefficient (Wildman–Crippen LogP) is 12.6. The van der Waals surface area contributed by atoms with Gasteiger partial charge < -0.3 is 4.74 Å². The van der Waals surface area contributed by atoms with Crippen molar-refractivity contribution in [3.05, 3.63) is 157 Å². The summed E-state index contributed by atoms with van der Waals surface area (Å²) >= 11 is 0. The highest BCUT2D eigenvalue weighted by atomic mass is 16.5. The Hall–Kier alpha value is -5.66. The maximum absolute atomic E-state index is 6.41. The quantitative estimate of drug-likeness (QED) is 0.196. The van der Waals surface area contributed by atoms with Crippen LogP contribution in [0, 0.1) is 0 Å². The van der Waals surface area contributed by atoms with Crippen LogP contribution in [-0.2, 0) is 5.41 Å². The van der Waals surface area contributed by atoms with Gasteiger partial charge in [-0.25, -0.2) is 0 Å². The van der Waals surface area contributed by atoms with E-state index in [4.69, 9.17) is 4.74 Å². The van der Waals surface area contributed by atoms with E-state index in [-0.39, 0.29) is 5.41 Å². The fourth-order valence-electron chi connectivity index (χ4n) is 8.20. The van der Waals surface area contributed by atoms with Crippen LogP contribution in [0.3, 0.4) is 0 Å². The van der Waals surface area contributed by atoms with Gasteiger partial charge in [0.05, 0.1) is 0 Å². The van der Waals surface area contributed by atoms with E-state index >= 15 is 0 Å². The summed E-state index contributed by atoms with van der Waals surface area (Å²) in [6, 6.07) is 53.5. The summed E-state index contributed by atoms with van der Waals surface area (Å²) in [6.07, 6.45) is 0. The van der Waals surface area contributed by atoms with Crippen molar-refractivity contribution < 1.29 is 4.74 Å². The second-order valence-electron chi connectivity index (χ2n) is 13.3. The van der Waals surface area contributed by atoms with Gasteiger partial charge in [0.1, 0.15) is 11.5 Å². The summed E-state index contributed by atoms with van der Waals surface area (Å²) in [5, 5.41) is 7.55. The molecule has 0 fully saturated rings. The Labute approximate surface area is 268 Å². The smallest absolute Gasteiger partial charge is 0.135 e. The van der Waals surface area contributed by atoms with Crippen molar-refractivity contribution in [3.8, 4) is 56.0 Å². The Morgan fingerprint density at radius 2 is 1.15 bits per heavy atom. The van der Waals surface area contributed by atoms with Crippen molar-refractivity contribution in [2.24, 2.45) is 0 Å². The Morgan fingerprint density at radius 1 is 0.435 bits per heavy atom. The fourth-order valence-corrected chi connectivity index (χ4v) is 8.20. The standard InChI is InChI=1S/C45H30O/c1-45(2)39-26-31(30-20-22-40-38(24-30)35-15-7-12-28-13-8-16-41(46-40)42(28)35)19-21-36(39)43-37(25-32-11-5-6-14-34(32)44(43)45)33-18-17-27-9-3-4-10-29(27)23-33/h3-26H,1-2H3. The highest BCUT2D eigenvalue weighted by Gasteiger charge is 2.39. The number of benzene rings is 8. The van der Waals surface area contributed by atoms with Crippen molar-refractivity contribution >= 4 is 32.3 Å². The van der Waals surface area contributed by atoms with Crippen molar-refractivity contribution in [2.75, 3.05) is 0 Å². The first-order chi connectivity index (χ1) is 22.5. The minimum atomic E-state index is -0.172. The highest BCUT2D eigenvalue weighted by Crippen LogP contribution is 2.56. The Bertz CT molecular complexity index is 2580. The number of hydrogen-bond acceptors (Lipinski definition) is 1. The molecule has 0 amide bonds. The van der Waals surface area contributed by atoms with Crippen LogP contribution in [-0.4, -0.2) is 0 Å². The molecule has 1 aliphatic heterocycles. The topological polar surface area (TPSA) is 9.23 Å². The van der Waals surface area contributed by atoms with Gasteiger partial charge in [0.2, 0.25) is 0 Å². The molecule has 8 aromatic rings. The maximum Gasteiger partial charge on any atom is 0.135 e. The predicted molar refractivity (Wildman–Crippen MR) is 193 cm³/mol. The minimum absolute atomic E-state index is 0.172. The van der Waals surface area contributed by atoms with Gasteiger partial charge in [-0.1, -0.05) is 123 Å². The fraction of sp³-hybridized carbons (Fsp3) is 0.0667. The molecule has 2 aliphatic rings. The molecule has 0 N–H and O–H groups in total. The van der Waals surface area contributed by atoms with Gasteiger partial charge in [-0.15, -0.1) is 0 Å². The third-order valence-electron chi connectivity index (χ3n) is 10.4. The van der Waals surface area contributed by atoms with E-state index in [9.17, 15) is 0 Å². The SMILES string of the molecule is CC1(C)c2cc(-c3ccc4c(c3)-c3cccc5cccc(c35)O4)ccc2-c2c(-c3ccc4ccccc4c3)cc3ccccc3c21. The average Bonchev–Trinajstić information content (AvgIpc) is 3.34. The van der Waals surface area contributed by atoms with Crippen LogP contribution in [0.2, 0.25) is 0 Å². The molecule has 0 spiro atoms. The van der Waals surface area contributed by atoms with Crippen LogP contribution < -0.4 is 4.74 Å². The lowest BCUT2D eigenvalue weighted by molar-refractivity contribution is 0.487. The molecule has 0 aromatic heterocycles. The highest BCUT2D eigenvalue weighted by molar-refractivity contribution is 6.07. The van der Waals surface area contributed by atoms with E-state index in [0.29, 0.717) is 0 Å². The second kappa shape index (κ2) is 9.19. The molecule has 1 heteroatoms. The van der Waals surface area contributed by atoms with E-state index in [0.717, 1.165) is 17.1 Å². The molecule has 1 nitrogen and oxygen atoms in total. The van der Waals surface area contributed by atoms with Crippen LogP contribution in [0.25, 0.3) is 76.8 Å². The third kappa shape index (κ3) is 3.51. The average molecular weight is 587 g/mol. The number of rotatable bonds is 2. The Morgan fingerprint density at radius 3 is 2.04 bits per heavy atom. The van der Waals surface area contributed by atoms with E-state index in [1.165, 1.54) is 82.4 Å². The summed E-state index contributed by atoms with van der Waals surface area (Å²) in [6.45, 7) is 4.80. The van der Waals surface area contributed by atoms with E-state index in [1.54, 1.807) is 0 Å². The van der Waals surface area contributed by atoms with Crippen LogP contribution in [0.15, 0.2) is 146 Å². The molecule has 0 radical (unpaired) electrons. The zero-order chi connectivity index (χ0) is 30.6. The summed E-state index contributed by atoms with van der Waals surface area (Å²) in [7, 11) is 0. The van der Waals surface area contributed by atoms with Crippen molar-refractivity contribution in [1.82, 2.24) is 0 Å². The zero-order valence-corrected chi connectivity index (χ0v) is 25.8. The number of hydrogen-bond donors (Lipinski definition) is 0. The van der Waals surface area contributed by atoms with Crippen LogP contribution in [0.1, 0.15) is 25.0 Å². The van der Waals surface area contributed by atoms with Gasteiger partial charge in [-0.05, 0) is 113 Å².